The quantitative estimate of drug-likeness (QED) is 0.821. The minimum absolute atomic E-state index is 0.614. The van der Waals surface area contributed by atoms with E-state index >= 15 is 0 Å². The van der Waals surface area contributed by atoms with Crippen LogP contribution in [0.1, 0.15) is 50.7 Å². The Bertz CT molecular complexity index is 494. The Hall–Kier alpha value is -1.22. The Morgan fingerprint density at radius 3 is 2.36 bits per heavy atom. The van der Waals surface area contributed by atoms with E-state index in [-0.39, 0.29) is 0 Å². The summed E-state index contributed by atoms with van der Waals surface area (Å²) in [7, 11) is 0. The molecule has 2 aliphatic rings. The molecule has 22 heavy (non-hydrogen) atoms. The Morgan fingerprint density at radius 1 is 1.00 bits per heavy atom. The van der Waals surface area contributed by atoms with Crippen LogP contribution in [0.2, 0.25) is 0 Å². The molecule has 0 bridgehead atoms. The molecule has 0 N–H and O–H groups in total. The molecule has 3 heteroatoms. The van der Waals surface area contributed by atoms with Crippen molar-refractivity contribution in [3.05, 3.63) is 23.3 Å². The molecule has 2 aliphatic heterocycles. The molecule has 1 saturated heterocycles. The molecule has 122 valence electrons. The molecule has 0 radical (unpaired) electrons. The van der Waals surface area contributed by atoms with E-state index in [0.29, 0.717) is 6.04 Å². The van der Waals surface area contributed by atoms with Gasteiger partial charge in [-0.05, 0) is 48.9 Å². The second kappa shape index (κ2) is 7.36. The third kappa shape index (κ3) is 3.24. The number of hydrogen-bond donors (Lipinski definition) is 0. The summed E-state index contributed by atoms with van der Waals surface area (Å²) in [4.78, 5) is 2.58. The maximum atomic E-state index is 5.99. The molecular weight excluding hydrogens is 274 g/mol. The van der Waals surface area contributed by atoms with Gasteiger partial charge in [0.1, 0.15) is 12.4 Å². The van der Waals surface area contributed by atoms with Crippen molar-refractivity contribution in [2.75, 3.05) is 31.3 Å². The Labute approximate surface area is 134 Å². The number of aryl methyl sites for hydroxylation is 2. The highest BCUT2D eigenvalue weighted by Crippen LogP contribution is 2.38. The van der Waals surface area contributed by atoms with Crippen LogP contribution in [0.15, 0.2) is 12.1 Å². The Kier molecular flexibility index (Phi) is 5.24. The van der Waals surface area contributed by atoms with Crippen LogP contribution in [0.5, 0.6) is 5.75 Å². The lowest BCUT2D eigenvalue weighted by atomic mass is 9.96. The molecular formula is C19H29NO2. The fourth-order valence-electron chi connectivity index (χ4n) is 3.75. The number of ether oxygens (including phenoxy) is 2. The van der Waals surface area contributed by atoms with E-state index in [4.69, 9.17) is 9.47 Å². The van der Waals surface area contributed by atoms with Gasteiger partial charge in [0.15, 0.2) is 0 Å². The van der Waals surface area contributed by atoms with Crippen molar-refractivity contribution < 1.29 is 9.47 Å². The second-order valence-electron chi connectivity index (χ2n) is 6.47. The van der Waals surface area contributed by atoms with Crippen molar-refractivity contribution in [3.63, 3.8) is 0 Å². The van der Waals surface area contributed by atoms with Gasteiger partial charge in [-0.3, -0.25) is 0 Å². The average molecular weight is 303 g/mol. The van der Waals surface area contributed by atoms with E-state index in [0.717, 1.165) is 51.4 Å². The summed E-state index contributed by atoms with van der Waals surface area (Å²) in [5.74, 6) is 1.10. The largest absolute Gasteiger partial charge is 0.490 e. The fourth-order valence-corrected chi connectivity index (χ4v) is 3.75. The molecule has 0 unspecified atom stereocenters. The lowest BCUT2D eigenvalue weighted by molar-refractivity contribution is 0.0827. The zero-order chi connectivity index (χ0) is 15.4. The van der Waals surface area contributed by atoms with Crippen LogP contribution in [-0.2, 0) is 17.6 Å². The number of hydrogen-bond acceptors (Lipinski definition) is 3. The monoisotopic (exact) mass is 303 g/mol. The summed E-state index contributed by atoms with van der Waals surface area (Å²) in [6.45, 7) is 8.13. The number of nitrogens with zero attached hydrogens (tertiary/aromatic N) is 1. The molecule has 1 aromatic rings. The van der Waals surface area contributed by atoms with Crippen LogP contribution in [-0.4, -0.2) is 32.4 Å². The van der Waals surface area contributed by atoms with Crippen LogP contribution in [0, 0.1) is 0 Å². The molecule has 1 aromatic carbocycles. The Morgan fingerprint density at radius 2 is 1.68 bits per heavy atom. The highest BCUT2D eigenvalue weighted by molar-refractivity contribution is 5.64. The van der Waals surface area contributed by atoms with Crippen molar-refractivity contribution in [1.82, 2.24) is 0 Å². The summed E-state index contributed by atoms with van der Waals surface area (Å²) in [5, 5.41) is 0. The van der Waals surface area contributed by atoms with E-state index in [9.17, 15) is 0 Å². The second-order valence-corrected chi connectivity index (χ2v) is 6.47. The van der Waals surface area contributed by atoms with E-state index in [1.807, 2.05) is 0 Å². The first kappa shape index (κ1) is 15.7. The molecule has 0 atom stereocenters. The summed E-state index contributed by atoms with van der Waals surface area (Å²) in [6, 6.07) is 5.34. The molecule has 0 amide bonds. The van der Waals surface area contributed by atoms with Crippen LogP contribution in [0.3, 0.4) is 0 Å². The first-order valence-electron chi connectivity index (χ1n) is 8.96. The van der Waals surface area contributed by atoms with Crippen LogP contribution >= 0.6 is 0 Å². The predicted molar refractivity (Wildman–Crippen MR) is 91.1 cm³/mol. The topological polar surface area (TPSA) is 21.7 Å². The number of anilines is 1. The normalized spacial score (nSPS) is 18.9. The molecule has 0 spiro atoms. The highest BCUT2D eigenvalue weighted by atomic mass is 16.5. The minimum Gasteiger partial charge on any atom is -0.490 e. The lowest BCUT2D eigenvalue weighted by Crippen LogP contribution is -2.44. The molecule has 0 saturated carbocycles. The molecule has 3 rings (SSSR count). The average Bonchev–Trinajstić information content (AvgIpc) is 2.56. The third-order valence-corrected chi connectivity index (χ3v) is 4.85. The molecule has 3 nitrogen and oxygen atoms in total. The van der Waals surface area contributed by atoms with E-state index in [2.05, 4.69) is 30.9 Å². The van der Waals surface area contributed by atoms with Gasteiger partial charge in [0.2, 0.25) is 0 Å². The summed E-state index contributed by atoms with van der Waals surface area (Å²) in [6.07, 6.45) is 7.00. The number of fused-ring (bicyclic) bond motifs is 1. The third-order valence-electron chi connectivity index (χ3n) is 4.85. The zero-order valence-electron chi connectivity index (χ0n) is 14.1. The fraction of sp³-hybridized carbons (Fsp3) is 0.684. The number of benzene rings is 1. The molecule has 0 aliphatic carbocycles. The predicted octanol–water partition coefficient (Wildman–Crippen LogP) is 3.97. The molecule has 2 heterocycles. The summed E-state index contributed by atoms with van der Waals surface area (Å²) in [5.41, 5.74) is 4.32. The van der Waals surface area contributed by atoms with Gasteiger partial charge in [-0.2, -0.15) is 0 Å². The first-order chi connectivity index (χ1) is 10.8. The van der Waals surface area contributed by atoms with Crippen LogP contribution in [0.25, 0.3) is 0 Å². The summed E-state index contributed by atoms with van der Waals surface area (Å²) < 4.78 is 11.5. The van der Waals surface area contributed by atoms with Crippen LogP contribution < -0.4 is 9.64 Å². The van der Waals surface area contributed by atoms with E-state index in [1.165, 1.54) is 36.1 Å². The lowest BCUT2D eigenvalue weighted by Gasteiger charge is -2.40. The van der Waals surface area contributed by atoms with Gasteiger partial charge >= 0.3 is 0 Å². The van der Waals surface area contributed by atoms with E-state index in [1.54, 1.807) is 0 Å². The SMILES string of the molecule is CCCc1cc2c(cc1CCC)N(C1CCOCC1)CCO2. The van der Waals surface area contributed by atoms with Crippen molar-refractivity contribution >= 4 is 5.69 Å². The molecule has 0 aromatic heterocycles. The van der Waals surface area contributed by atoms with Crippen molar-refractivity contribution in [3.8, 4) is 5.75 Å². The smallest absolute Gasteiger partial charge is 0.142 e. The van der Waals surface area contributed by atoms with Crippen LogP contribution in [0.4, 0.5) is 5.69 Å². The van der Waals surface area contributed by atoms with Gasteiger partial charge in [-0.1, -0.05) is 26.7 Å². The highest BCUT2D eigenvalue weighted by Gasteiger charge is 2.27. The van der Waals surface area contributed by atoms with Gasteiger partial charge < -0.3 is 14.4 Å². The van der Waals surface area contributed by atoms with Crippen molar-refractivity contribution in [1.29, 1.82) is 0 Å². The number of rotatable bonds is 5. The van der Waals surface area contributed by atoms with Gasteiger partial charge in [-0.25, -0.2) is 0 Å². The van der Waals surface area contributed by atoms with Crippen molar-refractivity contribution in [2.45, 2.75) is 58.4 Å². The van der Waals surface area contributed by atoms with Gasteiger partial charge in [0, 0.05) is 19.3 Å². The Balaban J connectivity index is 1.92. The maximum absolute atomic E-state index is 5.99. The molecule has 1 fully saturated rings. The van der Waals surface area contributed by atoms with Gasteiger partial charge in [0.05, 0.1) is 12.2 Å². The standard InChI is InChI=1S/C19H29NO2/c1-3-5-15-13-18-19(14-16(15)6-4-2)22-12-9-20(18)17-7-10-21-11-8-17/h13-14,17H,3-12H2,1-2H3. The maximum Gasteiger partial charge on any atom is 0.142 e. The summed E-state index contributed by atoms with van der Waals surface area (Å²) >= 11 is 0. The first-order valence-corrected chi connectivity index (χ1v) is 8.96. The van der Waals surface area contributed by atoms with Gasteiger partial charge in [0.25, 0.3) is 0 Å². The minimum atomic E-state index is 0.614. The van der Waals surface area contributed by atoms with E-state index < -0.39 is 0 Å². The van der Waals surface area contributed by atoms with Crippen molar-refractivity contribution in [2.24, 2.45) is 0 Å². The zero-order valence-corrected chi connectivity index (χ0v) is 14.1. The van der Waals surface area contributed by atoms with Gasteiger partial charge in [-0.15, -0.1) is 0 Å².